The van der Waals surface area contributed by atoms with Gasteiger partial charge in [-0.05, 0) is 4.92 Å². The molecule has 0 spiro atoms. The molecule has 0 aromatic carbocycles. The summed E-state index contributed by atoms with van der Waals surface area (Å²) in [5, 5.41) is 13.2. The SMILES string of the molecule is Cn1c(CC(=O)CNC(=O)C(C)(C)C)cnc1[N+](=O)[O-]. The highest BCUT2D eigenvalue weighted by atomic mass is 16.6. The molecule has 0 fully saturated rings. The maximum atomic E-state index is 11.7. The van der Waals surface area contributed by atoms with Gasteiger partial charge in [0.1, 0.15) is 11.9 Å². The molecule has 0 atom stereocenters. The summed E-state index contributed by atoms with van der Waals surface area (Å²) < 4.78 is 1.25. The molecular weight excluding hydrogens is 264 g/mol. The van der Waals surface area contributed by atoms with Gasteiger partial charge in [-0.2, -0.15) is 0 Å². The first-order valence-corrected chi connectivity index (χ1v) is 6.08. The van der Waals surface area contributed by atoms with E-state index in [2.05, 4.69) is 10.3 Å². The second-order valence-corrected chi connectivity index (χ2v) is 5.51. The van der Waals surface area contributed by atoms with Crippen molar-refractivity contribution >= 4 is 17.6 Å². The molecule has 1 heterocycles. The third kappa shape index (κ3) is 3.87. The Balaban J connectivity index is 2.60. The number of imidazole rings is 1. The summed E-state index contributed by atoms with van der Waals surface area (Å²) in [6, 6.07) is 0. The summed E-state index contributed by atoms with van der Waals surface area (Å²) in [5.41, 5.74) is -0.127. The van der Waals surface area contributed by atoms with Crippen molar-refractivity contribution < 1.29 is 14.5 Å². The molecular formula is C12H18N4O4. The summed E-state index contributed by atoms with van der Waals surface area (Å²) in [6.45, 7) is 5.14. The summed E-state index contributed by atoms with van der Waals surface area (Å²) in [6.07, 6.45) is 1.28. The van der Waals surface area contributed by atoms with Crippen LogP contribution in [0.2, 0.25) is 0 Å². The van der Waals surface area contributed by atoms with Crippen molar-refractivity contribution in [2.24, 2.45) is 12.5 Å². The van der Waals surface area contributed by atoms with Crippen LogP contribution in [0, 0.1) is 15.5 Å². The number of hydrogen-bond acceptors (Lipinski definition) is 5. The van der Waals surface area contributed by atoms with E-state index in [1.165, 1.54) is 17.8 Å². The molecule has 0 aliphatic heterocycles. The van der Waals surface area contributed by atoms with Crippen molar-refractivity contribution in [3.8, 4) is 0 Å². The monoisotopic (exact) mass is 282 g/mol. The number of nitro groups is 1. The Morgan fingerprint density at radius 2 is 2.05 bits per heavy atom. The van der Waals surface area contributed by atoms with Gasteiger partial charge in [0.15, 0.2) is 5.78 Å². The van der Waals surface area contributed by atoms with Crippen LogP contribution in [-0.2, 0) is 23.1 Å². The normalized spacial score (nSPS) is 11.2. The van der Waals surface area contributed by atoms with Gasteiger partial charge in [0, 0.05) is 5.41 Å². The number of nitrogens with zero attached hydrogens (tertiary/aromatic N) is 3. The fourth-order valence-electron chi connectivity index (χ4n) is 1.48. The first-order chi connectivity index (χ1) is 9.12. The molecule has 0 radical (unpaired) electrons. The van der Waals surface area contributed by atoms with Crippen LogP contribution in [0.1, 0.15) is 26.5 Å². The highest BCUT2D eigenvalue weighted by molar-refractivity contribution is 5.89. The molecule has 110 valence electrons. The Kier molecular flexibility index (Phi) is 4.59. The van der Waals surface area contributed by atoms with Gasteiger partial charge in [0.25, 0.3) is 0 Å². The van der Waals surface area contributed by atoms with E-state index in [9.17, 15) is 19.7 Å². The van der Waals surface area contributed by atoms with Crippen LogP contribution in [0.15, 0.2) is 6.20 Å². The quantitative estimate of drug-likeness (QED) is 0.628. The van der Waals surface area contributed by atoms with Crippen LogP contribution in [0.25, 0.3) is 0 Å². The zero-order valence-electron chi connectivity index (χ0n) is 12.0. The topological polar surface area (TPSA) is 107 Å². The Labute approximate surface area is 116 Å². The molecule has 0 bridgehead atoms. The van der Waals surface area contributed by atoms with Crippen molar-refractivity contribution in [2.75, 3.05) is 6.54 Å². The van der Waals surface area contributed by atoms with Gasteiger partial charge in [-0.25, -0.2) is 4.57 Å². The average molecular weight is 282 g/mol. The zero-order valence-corrected chi connectivity index (χ0v) is 12.0. The van der Waals surface area contributed by atoms with Gasteiger partial charge in [-0.3, -0.25) is 9.59 Å². The van der Waals surface area contributed by atoms with Gasteiger partial charge in [0.2, 0.25) is 5.91 Å². The van der Waals surface area contributed by atoms with E-state index in [0.717, 1.165) is 0 Å². The number of carbonyl (C=O) groups excluding carboxylic acids is 2. The Morgan fingerprint density at radius 1 is 1.45 bits per heavy atom. The Hall–Kier alpha value is -2.25. The van der Waals surface area contributed by atoms with Crippen molar-refractivity contribution in [1.82, 2.24) is 14.9 Å². The van der Waals surface area contributed by atoms with Crippen molar-refractivity contribution in [3.05, 3.63) is 22.0 Å². The number of carbonyl (C=O) groups is 2. The molecule has 0 saturated carbocycles. The van der Waals surface area contributed by atoms with Crippen LogP contribution in [0.5, 0.6) is 0 Å². The Bertz CT molecular complexity index is 542. The second kappa shape index (κ2) is 5.81. The number of rotatable bonds is 5. The highest BCUT2D eigenvalue weighted by Crippen LogP contribution is 2.13. The van der Waals surface area contributed by atoms with E-state index in [-0.39, 0.29) is 30.6 Å². The lowest BCUT2D eigenvalue weighted by Crippen LogP contribution is -2.38. The summed E-state index contributed by atoms with van der Waals surface area (Å²) in [4.78, 5) is 37.0. The van der Waals surface area contributed by atoms with Crippen molar-refractivity contribution in [3.63, 3.8) is 0 Å². The number of Topliss-reactive ketones (excluding diaryl/α,β-unsaturated/α-hetero) is 1. The van der Waals surface area contributed by atoms with Crippen LogP contribution >= 0.6 is 0 Å². The predicted molar refractivity (Wildman–Crippen MR) is 71.0 cm³/mol. The minimum absolute atomic E-state index is 0.0121. The van der Waals surface area contributed by atoms with Crippen LogP contribution in [0.4, 0.5) is 5.95 Å². The number of hydrogen-bond donors (Lipinski definition) is 1. The van der Waals surface area contributed by atoms with E-state index in [1.54, 1.807) is 20.8 Å². The molecule has 20 heavy (non-hydrogen) atoms. The second-order valence-electron chi connectivity index (χ2n) is 5.51. The van der Waals surface area contributed by atoms with Crippen LogP contribution < -0.4 is 5.32 Å². The third-order valence-corrected chi connectivity index (χ3v) is 2.73. The average Bonchev–Trinajstić information content (AvgIpc) is 2.66. The Morgan fingerprint density at radius 3 is 2.50 bits per heavy atom. The lowest BCUT2D eigenvalue weighted by Gasteiger charge is -2.17. The first kappa shape index (κ1) is 15.8. The minimum Gasteiger partial charge on any atom is -0.390 e. The van der Waals surface area contributed by atoms with Crippen molar-refractivity contribution in [2.45, 2.75) is 27.2 Å². The van der Waals surface area contributed by atoms with Gasteiger partial charge in [-0.1, -0.05) is 25.8 Å². The van der Waals surface area contributed by atoms with Gasteiger partial charge < -0.3 is 15.4 Å². The van der Waals surface area contributed by atoms with Crippen LogP contribution in [0.3, 0.4) is 0 Å². The molecule has 1 aromatic rings. The van der Waals surface area contributed by atoms with E-state index < -0.39 is 10.3 Å². The van der Waals surface area contributed by atoms with E-state index in [0.29, 0.717) is 5.69 Å². The van der Waals surface area contributed by atoms with Gasteiger partial charge in [0.05, 0.1) is 20.0 Å². The summed E-state index contributed by atoms with van der Waals surface area (Å²) in [5.74, 6) is -0.770. The van der Waals surface area contributed by atoms with Crippen LogP contribution in [-0.4, -0.2) is 32.7 Å². The summed E-state index contributed by atoms with van der Waals surface area (Å²) in [7, 11) is 1.47. The molecule has 1 rings (SSSR count). The molecule has 0 unspecified atom stereocenters. The largest absolute Gasteiger partial charge is 0.434 e. The summed E-state index contributed by atoms with van der Waals surface area (Å²) >= 11 is 0. The maximum Gasteiger partial charge on any atom is 0.434 e. The first-order valence-electron chi connectivity index (χ1n) is 6.08. The minimum atomic E-state index is -0.616. The van der Waals surface area contributed by atoms with E-state index in [4.69, 9.17) is 0 Å². The smallest absolute Gasteiger partial charge is 0.390 e. The molecule has 1 N–H and O–H groups in total. The number of amides is 1. The maximum absolute atomic E-state index is 11.7. The van der Waals surface area contributed by atoms with E-state index in [1.807, 2.05) is 0 Å². The van der Waals surface area contributed by atoms with Gasteiger partial charge in [-0.15, -0.1) is 0 Å². The van der Waals surface area contributed by atoms with E-state index >= 15 is 0 Å². The lowest BCUT2D eigenvalue weighted by molar-refractivity contribution is -0.396. The number of nitrogens with one attached hydrogen (secondary N) is 1. The molecule has 1 amide bonds. The number of ketones is 1. The molecule has 8 heteroatoms. The fourth-order valence-corrected chi connectivity index (χ4v) is 1.48. The standard InChI is InChI=1S/C12H18N4O4/c1-12(2,3)10(18)13-7-9(17)5-8-6-14-11(15(8)4)16(19)20/h6H,5,7H2,1-4H3,(H,13,18). The van der Waals surface area contributed by atoms with Gasteiger partial charge >= 0.3 is 5.95 Å². The highest BCUT2D eigenvalue weighted by Gasteiger charge is 2.23. The van der Waals surface area contributed by atoms with Crippen molar-refractivity contribution in [1.29, 1.82) is 0 Å². The number of aromatic nitrogens is 2. The molecule has 0 saturated heterocycles. The fraction of sp³-hybridized carbons (Fsp3) is 0.583. The zero-order chi connectivity index (χ0) is 15.5. The third-order valence-electron chi connectivity index (χ3n) is 2.73. The molecule has 8 nitrogen and oxygen atoms in total. The molecule has 0 aliphatic carbocycles. The molecule has 1 aromatic heterocycles. The predicted octanol–water partition coefficient (Wildman–Crippen LogP) is 0.602. The lowest BCUT2D eigenvalue weighted by atomic mass is 9.95. The molecule has 0 aliphatic rings.